The number of amides is 1. The van der Waals surface area contributed by atoms with E-state index in [1.807, 2.05) is 29.0 Å². The topological polar surface area (TPSA) is 72.3 Å². The molecule has 7 nitrogen and oxygen atoms in total. The molecule has 2 aliphatic rings. The fourth-order valence-electron chi connectivity index (χ4n) is 5.04. The SMILES string of the molecule is C=CCOC[C@H]1CCCN(C[C@@H]2CCCC[C@H]2NC(=O)c2ccc(-n3ccnc3)nc2)C1. The molecular formula is C25H35N5O2. The summed E-state index contributed by atoms with van der Waals surface area (Å²) in [5, 5.41) is 3.32. The van der Waals surface area contributed by atoms with Crippen molar-refractivity contribution in [1.29, 1.82) is 0 Å². The molecule has 2 aromatic rings. The molecule has 4 rings (SSSR count). The molecule has 0 radical (unpaired) electrons. The smallest absolute Gasteiger partial charge is 0.253 e. The van der Waals surface area contributed by atoms with E-state index in [2.05, 4.69) is 26.8 Å². The highest BCUT2D eigenvalue weighted by atomic mass is 16.5. The van der Waals surface area contributed by atoms with Crippen molar-refractivity contribution in [3.8, 4) is 5.82 Å². The molecule has 1 saturated heterocycles. The molecule has 1 N–H and O–H groups in total. The zero-order valence-electron chi connectivity index (χ0n) is 18.9. The molecule has 172 valence electrons. The summed E-state index contributed by atoms with van der Waals surface area (Å²) < 4.78 is 7.53. The van der Waals surface area contributed by atoms with E-state index in [1.54, 1.807) is 18.7 Å². The van der Waals surface area contributed by atoms with Crippen molar-refractivity contribution in [2.45, 2.75) is 44.6 Å². The summed E-state index contributed by atoms with van der Waals surface area (Å²) in [4.78, 5) is 24.0. The number of nitrogens with one attached hydrogen (secondary N) is 1. The van der Waals surface area contributed by atoms with E-state index in [-0.39, 0.29) is 11.9 Å². The number of piperidine rings is 1. The minimum atomic E-state index is -0.0269. The summed E-state index contributed by atoms with van der Waals surface area (Å²) in [5.74, 6) is 1.83. The Bertz CT molecular complexity index is 852. The van der Waals surface area contributed by atoms with Crippen LogP contribution in [0, 0.1) is 11.8 Å². The third kappa shape index (κ3) is 6.04. The van der Waals surface area contributed by atoms with Gasteiger partial charge in [0.25, 0.3) is 5.91 Å². The van der Waals surface area contributed by atoms with Crippen LogP contribution < -0.4 is 5.32 Å². The number of aromatic nitrogens is 3. The number of nitrogens with zero attached hydrogens (tertiary/aromatic N) is 4. The molecule has 32 heavy (non-hydrogen) atoms. The van der Waals surface area contributed by atoms with Gasteiger partial charge in [-0.15, -0.1) is 6.58 Å². The minimum absolute atomic E-state index is 0.0269. The predicted molar refractivity (Wildman–Crippen MR) is 125 cm³/mol. The fraction of sp³-hybridized carbons (Fsp3) is 0.560. The van der Waals surface area contributed by atoms with Crippen LogP contribution in [0.2, 0.25) is 0 Å². The average molecular weight is 438 g/mol. The van der Waals surface area contributed by atoms with E-state index < -0.39 is 0 Å². The van der Waals surface area contributed by atoms with Crippen LogP contribution in [0.3, 0.4) is 0 Å². The van der Waals surface area contributed by atoms with Crippen molar-refractivity contribution in [2.24, 2.45) is 11.8 Å². The first kappa shape index (κ1) is 22.7. The Morgan fingerprint density at radius 2 is 2.16 bits per heavy atom. The second kappa shape index (κ2) is 11.4. The van der Waals surface area contributed by atoms with Gasteiger partial charge in [-0.3, -0.25) is 9.36 Å². The van der Waals surface area contributed by atoms with Crippen molar-refractivity contribution < 1.29 is 9.53 Å². The molecular weight excluding hydrogens is 402 g/mol. The van der Waals surface area contributed by atoms with Crippen LogP contribution in [0.25, 0.3) is 5.82 Å². The van der Waals surface area contributed by atoms with Crippen molar-refractivity contribution in [3.63, 3.8) is 0 Å². The summed E-state index contributed by atoms with van der Waals surface area (Å²) in [6, 6.07) is 3.92. The first-order chi connectivity index (χ1) is 15.7. The Morgan fingerprint density at radius 3 is 2.94 bits per heavy atom. The van der Waals surface area contributed by atoms with Gasteiger partial charge in [-0.2, -0.15) is 0 Å². The number of rotatable bonds is 9. The second-order valence-corrected chi connectivity index (χ2v) is 9.09. The van der Waals surface area contributed by atoms with Crippen LogP contribution in [-0.4, -0.2) is 64.2 Å². The van der Waals surface area contributed by atoms with Gasteiger partial charge in [0.15, 0.2) is 0 Å². The van der Waals surface area contributed by atoms with Gasteiger partial charge in [0, 0.05) is 37.7 Å². The first-order valence-corrected chi connectivity index (χ1v) is 11.9. The Balaban J connectivity index is 1.32. The molecule has 3 heterocycles. The van der Waals surface area contributed by atoms with Crippen molar-refractivity contribution in [3.05, 3.63) is 55.3 Å². The summed E-state index contributed by atoms with van der Waals surface area (Å²) in [7, 11) is 0. The number of likely N-dealkylation sites (tertiary alicyclic amines) is 1. The fourth-order valence-corrected chi connectivity index (χ4v) is 5.04. The molecule has 0 bridgehead atoms. The van der Waals surface area contributed by atoms with Crippen LogP contribution in [0.4, 0.5) is 0 Å². The number of imidazole rings is 1. The molecule has 0 unspecified atom stereocenters. The molecule has 1 aliphatic heterocycles. The number of hydrogen-bond acceptors (Lipinski definition) is 5. The van der Waals surface area contributed by atoms with Crippen LogP contribution in [-0.2, 0) is 4.74 Å². The van der Waals surface area contributed by atoms with E-state index in [1.165, 1.54) is 32.1 Å². The van der Waals surface area contributed by atoms with E-state index in [4.69, 9.17) is 4.74 Å². The monoisotopic (exact) mass is 437 g/mol. The maximum atomic E-state index is 12.9. The molecule has 2 aromatic heterocycles. The summed E-state index contributed by atoms with van der Waals surface area (Å²) in [6.45, 7) is 8.47. The molecule has 0 aromatic carbocycles. The van der Waals surface area contributed by atoms with Crippen LogP contribution >= 0.6 is 0 Å². The molecule has 3 atom stereocenters. The number of pyridine rings is 1. The van der Waals surface area contributed by atoms with Gasteiger partial charge < -0.3 is 15.0 Å². The maximum Gasteiger partial charge on any atom is 0.253 e. The van der Waals surface area contributed by atoms with Gasteiger partial charge in [0.2, 0.25) is 0 Å². The van der Waals surface area contributed by atoms with Crippen molar-refractivity contribution >= 4 is 5.91 Å². The quantitative estimate of drug-likeness (QED) is 0.480. The Morgan fingerprint density at radius 1 is 1.25 bits per heavy atom. The second-order valence-electron chi connectivity index (χ2n) is 9.09. The zero-order chi connectivity index (χ0) is 22.2. The first-order valence-electron chi connectivity index (χ1n) is 11.9. The summed E-state index contributed by atoms with van der Waals surface area (Å²) in [6.07, 6.45) is 15.8. The lowest BCUT2D eigenvalue weighted by molar-refractivity contribution is 0.0599. The summed E-state index contributed by atoms with van der Waals surface area (Å²) in [5.41, 5.74) is 0.607. The number of carbonyl (C=O) groups is 1. The predicted octanol–water partition coefficient (Wildman–Crippen LogP) is 3.47. The number of hydrogen-bond donors (Lipinski definition) is 1. The molecule has 1 aliphatic carbocycles. The van der Waals surface area contributed by atoms with Crippen LogP contribution in [0.15, 0.2) is 49.7 Å². The third-order valence-corrected chi connectivity index (χ3v) is 6.69. The highest BCUT2D eigenvalue weighted by Crippen LogP contribution is 2.27. The van der Waals surface area contributed by atoms with Gasteiger partial charge in [-0.25, -0.2) is 9.97 Å². The standard InChI is InChI=1S/C25H35N5O2/c1-2-14-32-18-20-6-5-12-29(16-20)17-22-7-3-4-8-23(22)28-25(31)21-9-10-24(27-15-21)30-13-11-26-19-30/h2,9-11,13,15,19-20,22-23H,1,3-8,12,14,16-18H2,(H,28,31)/t20-,22-,23+/m0/s1. The van der Waals surface area contributed by atoms with Crippen molar-refractivity contribution in [1.82, 2.24) is 24.8 Å². The average Bonchev–Trinajstić information content (AvgIpc) is 3.36. The molecule has 7 heteroatoms. The number of carbonyl (C=O) groups excluding carboxylic acids is 1. The Labute approximate surface area is 190 Å². The van der Waals surface area contributed by atoms with Crippen molar-refractivity contribution in [2.75, 3.05) is 32.8 Å². The van der Waals surface area contributed by atoms with E-state index in [0.29, 0.717) is 24.0 Å². The van der Waals surface area contributed by atoms with Gasteiger partial charge in [-0.05, 0) is 56.2 Å². The largest absolute Gasteiger partial charge is 0.377 e. The normalized spacial score (nSPS) is 24.2. The minimum Gasteiger partial charge on any atom is -0.377 e. The van der Waals surface area contributed by atoms with Gasteiger partial charge >= 0.3 is 0 Å². The lowest BCUT2D eigenvalue weighted by Gasteiger charge is -2.39. The van der Waals surface area contributed by atoms with E-state index in [9.17, 15) is 4.79 Å². The highest BCUT2D eigenvalue weighted by molar-refractivity contribution is 5.94. The third-order valence-electron chi connectivity index (χ3n) is 6.69. The van der Waals surface area contributed by atoms with E-state index >= 15 is 0 Å². The van der Waals surface area contributed by atoms with Crippen LogP contribution in [0.5, 0.6) is 0 Å². The maximum absolute atomic E-state index is 12.9. The zero-order valence-corrected chi connectivity index (χ0v) is 18.9. The highest BCUT2D eigenvalue weighted by Gasteiger charge is 2.30. The number of ether oxygens (including phenoxy) is 1. The molecule has 2 fully saturated rings. The van der Waals surface area contributed by atoms with Gasteiger partial charge in [0.1, 0.15) is 12.1 Å². The van der Waals surface area contributed by atoms with Crippen LogP contribution in [0.1, 0.15) is 48.9 Å². The Hall–Kier alpha value is -2.51. The van der Waals surface area contributed by atoms with Gasteiger partial charge in [0.05, 0.1) is 18.8 Å². The lowest BCUT2D eigenvalue weighted by Crippen LogP contribution is -2.48. The Kier molecular flexibility index (Phi) is 8.07. The van der Waals surface area contributed by atoms with E-state index in [0.717, 1.165) is 38.5 Å². The molecule has 0 spiro atoms. The molecule has 1 amide bonds. The summed E-state index contributed by atoms with van der Waals surface area (Å²) >= 11 is 0. The lowest BCUT2D eigenvalue weighted by atomic mass is 9.83. The molecule has 1 saturated carbocycles. The van der Waals surface area contributed by atoms with Gasteiger partial charge in [-0.1, -0.05) is 18.9 Å².